The van der Waals surface area contributed by atoms with Crippen molar-refractivity contribution in [2.45, 2.75) is 18.9 Å². The number of anilines is 1. The van der Waals surface area contributed by atoms with E-state index >= 15 is 0 Å². The monoisotopic (exact) mass is 411 g/mol. The standard InChI is InChI=1S/C21H21N3O6/c1-21(10-13-6-7-16-17(8-13)30-12-29-16)19(26)24(20(27)23-21)11-18(25)22-14-4-3-5-15(9-14)28-2/h3-9H,10-12H2,1-2H3,(H,22,25)(H,23,27)/t21-/m1/s1. The summed E-state index contributed by atoms with van der Waals surface area (Å²) in [5, 5.41) is 5.37. The van der Waals surface area contributed by atoms with Crippen molar-refractivity contribution in [3.05, 3.63) is 48.0 Å². The minimum Gasteiger partial charge on any atom is -0.497 e. The van der Waals surface area contributed by atoms with Gasteiger partial charge in [0.1, 0.15) is 17.8 Å². The van der Waals surface area contributed by atoms with Gasteiger partial charge in [0.15, 0.2) is 11.5 Å². The van der Waals surface area contributed by atoms with Crippen molar-refractivity contribution in [2.24, 2.45) is 0 Å². The van der Waals surface area contributed by atoms with Gasteiger partial charge in [0, 0.05) is 18.2 Å². The van der Waals surface area contributed by atoms with Crippen molar-refractivity contribution in [3.8, 4) is 17.2 Å². The fraction of sp³-hybridized carbons (Fsp3) is 0.286. The fourth-order valence-electron chi connectivity index (χ4n) is 3.51. The number of ether oxygens (including phenoxy) is 3. The molecule has 1 atom stereocenters. The average molecular weight is 411 g/mol. The third kappa shape index (κ3) is 3.73. The van der Waals surface area contributed by atoms with E-state index in [4.69, 9.17) is 14.2 Å². The van der Waals surface area contributed by atoms with Crippen LogP contribution in [0.3, 0.4) is 0 Å². The molecule has 2 N–H and O–H groups in total. The molecule has 30 heavy (non-hydrogen) atoms. The Morgan fingerprint density at radius 2 is 2.00 bits per heavy atom. The summed E-state index contributed by atoms with van der Waals surface area (Å²) in [6.45, 7) is 1.40. The summed E-state index contributed by atoms with van der Waals surface area (Å²) in [5.74, 6) is 0.869. The van der Waals surface area contributed by atoms with Crippen LogP contribution in [0, 0.1) is 0 Å². The second-order valence-corrected chi connectivity index (χ2v) is 7.30. The smallest absolute Gasteiger partial charge is 0.325 e. The summed E-state index contributed by atoms with van der Waals surface area (Å²) < 4.78 is 15.8. The Morgan fingerprint density at radius 1 is 1.20 bits per heavy atom. The van der Waals surface area contributed by atoms with Crippen LogP contribution in [0.25, 0.3) is 0 Å². The molecule has 4 rings (SSSR count). The number of benzene rings is 2. The molecule has 0 spiro atoms. The molecular formula is C21H21N3O6. The molecule has 2 heterocycles. The number of nitrogens with one attached hydrogen (secondary N) is 2. The number of rotatable bonds is 6. The first-order valence-corrected chi connectivity index (χ1v) is 9.34. The molecule has 0 radical (unpaired) electrons. The lowest BCUT2D eigenvalue weighted by Gasteiger charge is -2.22. The van der Waals surface area contributed by atoms with Crippen molar-refractivity contribution in [2.75, 3.05) is 25.8 Å². The highest BCUT2D eigenvalue weighted by Crippen LogP contribution is 2.34. The van der Waals surface area contributed by atoms with Crippen LogP contribution in [0.5, 0.6) is 17.2 Å². The molecule has 0 saturated carbocycles. The number of hydrogen-bond donors (Lipinski definition) is 2. The summed E-state index contributed by atoms with van der Waals surface area (Å²) >= 11 is 0. The van der Waals surface area contributed by atoms with Crippen LogP contribution < -0.4 is 24.8 Å². The Kier molecular flexibility index (Phi) is 4.94. The van der Waals surface area contributed by atoms with Gasteiger partial charge >= 0.3 is 6.03 Å². The first-order chi connectivity index (χ1) is 14.4. The van der Waals surface area contributed by atoms with Gasteiger partial charge in [-0.3, -0.25) is 14.5 Å². The molecule has 1 fully saturated rings. The predicted octanol–water partition coefficient (Wildman–Crippen LogP) is 1.92. The van der Waals surface area contributed by atoms with Crippen molar-refractivity contribution in [1.82, 2.24) is 10.2 Å². The molecule has 0 unspecified atom stereocenters. The summed E-state index contributed by atoms with van der Waals surface area (Å²) in [6, 6.07) is 11.6. The maximum atomic E-state index is 13.0. The molecule has 9 heteroatoms. The Morgan fingerprint density at radius 3 is 2.80 bits per heavy atom. The Bertz CT molecular complexity index is 1020. The molecule has 0 aromatic heterocycles. The molecular weight excluding hydrogens is 390 g/mol. The Hall–Kier alpha value is -3.75. The zero-order chi connectivity index (χ0) is 21.3. The van der Waals surface area contributed by atoms with Gasteiger partial charge in [-0.15, -0.1) is 0 Å². The van der Waals surface area contributed by atoms with Crippen LogP contribution in [0.2, 0.25) is 0 Å². The number of carbonyl (C=O) groups excluding carboxylic acids is 3. The molecule has 9 nitrogen and oxygen atoms in total. The lowest BCUT2D eigenvalue weighted by Crippen LogP contribution is -2.46. The number of fused-ring (bicyclic) bond motifs is 1. The van der Waals surface area contributed by atoms with E-state index in [1.165, 1.54) is 7.11 Å². The highest BCUT2D eigenvalue weighted by molar-refractivity contribution is 6.10. The van der Waals surface area contributed by atoms with Gasteiger partial charge < -0.3 is 24.8 Å². The van der Waals surface area contributed by atoms with Gasteiger partial charge in [0.2, 0.25) is 12.7 Å². The van der Waals surface area contributed by atoms with Crippen LogP contribution in [0.4, 0.5) is 10.5 Å². The first-order valence-electron chi connectivity index (χ1n) is 9.34. The van der Waals surface area contributed by atoms with E-state index < -0.39 is 29.9 Å². The lowest BCUT2D eigenvalue weighted by molar-refractivity contribution is -0.133. The predicted molar refractivity (Wildman–Crippen MR) is 107 cm³/mol. The summed E-state index contributed by atoms with van der Waals surface area (Å²) in [6.07, 6.45) is 0.252. The quantitative estimate of drug-likeness (QED) is 0.704. The van der Waals surface area contributed by atoms with Crippen LogP contribution in [0.15, 0.2) is 42.5 Å². The third-order valence-electron chi connectivity index (χ3n) is 5.00. The molecule has 2 aliphatic rings. The van der Waals surface area contributed by atoms with E-state index in [-0.39, 0.29) is 13.2 Å². The maximum Gasteiger partial charge on any atom is 0.325 e. The number of imide groups is 1. The lowest BCUT2D eigenvalue weighted by atomic mass is 9.92. The third-order valence-corrected chi connectivity index (χ3v) is 5.00. The van der Waals surface area contributed by atoms with E-state index in [0.29, 0.717) is 22.9 Å². The van der Waals surface area contributed by atoms with Crippen molar-refractivity contribution >= 4 is 23.5 Å². The van der Waals surface area contributed by atoms with Gasteiger partial charge in [-0.1, -0.05) is 12.1 Å². The van der Waals surface area contributed by atoms with Gasteiger partial charge in [-0.05, 0) is 36.8 Å². The number of urea groups is 1. The van der Waals surface area contributed by atoms with Gasteiger partial charge in [0.25, 0.3) is 5.91 Å². The van der Waals surface area contributed by atoms with E-state index in [1.54, 1.807) is 43.3 Å². The minimum atomic E-state index is -1.17. The van der Waals surface area contributed by atoms with Crippen molar-refractivity contribution in [1.29, 1.82) is 0 Å². The van der Waals surface area contributed by atoms with Gasteiger partial charge in [-0.25, -0.2) is 4.79 Å². The number of amides is 4. The zero-order valence-corrected chi connectivity index (χ0v) is 16.6. The molecule has 4 amide bonds. The molecule has 2 aliphatic heterocycles. The molecule has 2 aromatic rings. The number of nitrogens with zero attached hydrogens (tertiary/aromatic N) is 1. The summed E-state index contributed by atoms with van der Waals surface area (Å²) in [4.78, 5) is 38.7. The van der Waals surface area contributed by atoms with E-state index in [2.05, 4.69) is 10.6 Å². The topological polar surface area (TPSA) is 106 Å². The Balaban J connectivity index is 1.43. The van der Waals surface area contributed by atoms with E-state index in [9.17, 15) is 14.4 Å². The molecule has 2 aromatic carbocycles. The van der Waals surface area contributed by atoms with E-state index in [1.807, 2.05) is 6.07 Å². The van der Waals surface area contributed by atoms with Gasteiger partial charge in [-0.2, -0.15) is 0 Å². The second-order valence-electron chi connectivity index (χ2n) is 7.30. The molecule has 1 saturated heterocycles. The summed E-state index contributed by atoms with van der Waals surface area (Å²) in [7, 11) is 1.52. The zero-order valence-electron chi connectivity index (χ0n) is 16.6. The first kappa shape index (κ1) is 19.6. The highest BCUT2D eigenvalue weighted by Gasteiger charge is 2.48. The number of hydrogen-bond acceptors (Lipinski definition) is 6. The van der Waals surface area contributed by atoms with Crippen molar-refractivity contribution < 1.29 is 28.6 Å². The minimum absolute atomic E-state index is 0.155. The van der Waals surface area contributed by atoms with Gasteiger partial charge in [0.05, 0.1) is 7.11 Å². The highest BCUT2D eigenvalue weighted by atomic mass is 16.7. The normalized spacial score (nSPS) is 19.6. The number of carbonyl (C=O) groups is 3. The largest absolute Gasteiger partial charge is 0.497 e. The van der Waals surface area contributed by atoms with Crippen LogP contribution in [-0.2, 0) is 16.0 Å². The van der Waals surface area contributed by atoms with Crippen LogP contribution >= 0.6 is 0 Å². The molecule has 156 valence electrons. The Labute approximate surface area is 172 Å². The van der Waals surface area contributed by atoms with Crippen molar-refractivity contribution in [3.63, 3.8) is 0 Å². The second kappa shape index (κ2) is 7.58. The van der Waals surface area contributed by atoms with Crippen LogP contribution in [-0.4, -0.2) is 48.7 Å². The molecule has 0 bridgehead atoms. The number of methoxy groups -OCH3 is 1. The fourth-order valence-corrected chi connectivity index (χ4v) is 3.51. The SMILES string of the molecule is COc1cccc(NC(=O)CN2C(=O)N[C@](C)(Cc3ccc4c(c3)OCO4)C2=O)c1. The molecule has 0 aliphatic carbocycles. The van der Waals surface area contributed by atoms with E-state index in [0.717, 1.165) is 10.5 Å². The maximum absolute atomic E-state index is 13.0. The van der Waals surface area contributed by atoms with Crippen LogP contribution in [0.1, 0.15) is 12.5 Å². The average Bonchev–Trinajstić information content (AvgIpc) is 3.26. The summed E-state index contributed by atoms with van der Waals surface area (Å²) in [5.41, 5.74) is 0.147.